The Kier molecular flexibility index (Phi) is 4.20. The van der Waals surface area contributed by atoms with Gasteiger partial charge in [-0.25, -0.2) is 4.79 Å². The highest BCUT2D eigenvalue weighted by Crippen LogP contribution is 2.38. The normalized spacial score (nSPS) is 39.9. The second kappa shape index (κ2) is 5.95. The van der Waals surface area contributed by atoms with Gasteiger partial charge >= 0.3 is 5.97 Å². The molecule has 1 aliphatic carbocycles. The van der Waals surface area contributed by atoms with Crippen molar-refractivity contribution in [2.75, 3.05) is 6.54 Å². The third kappa shape index (κ3) is 2.68. The van der Waals surface area contributed by atoms with Crippen LogP contribution in [0.1, 0.15) is 51.9 Å². The minimum Gasteiger partial charge on any atom is -0.480 e. The van der Waals surface area contributed by atoms with E-state index in [-0.39, 0.29) is 18.0 Å². The zero-order chi connectivity index (χ0) is 15.0. The second-order valence-electron chi connectivity index (χ2n) is 6.99. The number of hydrogen-bond donors (Lipinski definition) is 2. The van der Waals surface area contributed by atoms with Crippen molar-refractivity contribution in [1.29, 1.82) is 0 Å². The smallest absolute Gasteiger partial charge is 0.326 e. The fourth-order valence-electron chi connectivity index (χ4n) is 4.52. The summed E-state index contributed by atoms with van der Waals surface area (Å²) in [7, 11) is 0. The summed E-state index contributed by atoms with van der Waals surface area (Å²) in [5, 5.41) is 12.8. The molecule has 5 nitrogen and oxygen atoms in total. The Hall–Kier alpha value is -1.10. The highest BCUT2D eigenvalue weighted by atomic mass is 16.4. The van der Waals surface area contributed by atoms with Crippen LogP contribution in [-0.2, 0) is 9.59 Å². The summed E-state index contributed by atoms with van der Waals surface area (Å²) in [4.78, 5) is 26.4. The van der Waals surface area contributed by atoms with E-state index >= 15 is 0 Å². The third-order valence-electron chi connectivity index (χ3n) is 5.71. The van der Waals surface area contributed by atoms with E-state index < -0.39 is 12.0 Å². The topological polar surface area (TPSA) is 69.6 Å². The monoisotopic (exact) mass is 294 g/mol. The number of likely N-dealkylation sites (tertiary alicyclic amines) is 1. The number of hydrogen-bond acceptors (Lipinski definition) is 3. The minimum atomic E-state index is -0.835. The Balaban J connectivity index is 1.85. The molecule has 2 aliphatic heterocycles. The maximum absolute atomic E-state index is 13.0. The van der Waals surface area contributed by atoms with Gasteiger partial charge in [0.2, 0.25) is 5.91 Å². The van der Waals surface area contributed by atoms with E-state index in [1.165, 1.54) is 6.42 Å². The quantitative estimate of drug-likeness (QED) is 0.812. The molecule has 0 spiro atoms. The third-order valence-corrected chi connectivity index (χ3v) is 5.71. The van der Waals surface area contributed by atoms with Crippen LogP contribution < -0.4 is 5.32 Å². The minimum absolute atomic E-state index is 0.0315. The Morgan fingerprint density at radius 1 is 1.10 bits per heavy atom. The maximum Gasteiger partial charge on any atom is 0.326 e. The second-order valence-corrected chi connectivity index (χ2v) is 6.99. The maximum atomic E-state index is 13.0. The molecule has 0 bridgehead atoms. The fraction of sp³-hybridized carbons (Fsp3) is 0.875. The van der Waals surface area contributed by atoms with Gasteiger partial charge in [-0.2, -0.15) is 0 Å². The summed E-state index contributed by atoms with van der Waals surface area (Å²) < 4.78 is 0. The predicted molar refractivity (Wildman–Crippen MR) is 78.8 cm³/mol. The van der Waals surface area contributed by atoms with Gasteiger partial charge in [0.15, 0.2) is 0 Å². The van der Waals surface area contributed by atoms with Crippen molar-refractivity contribution in [3.05, 3.63) is 0 Å². The van der Waals surface area contributed by atoms with Crippen molar-refractivity contribution in [1.82, 2.24) is 10.2 Å². The molecule has 1 amide bonds. The molecule has 2 N–H and O–H groups in total. The molecule has 21 heavy (non-hydrogen) atoms. The molecule has 2 heterocycles. The van der Waals surface area contributed by atoms with Gasteiger partial charge in [0, 0.05) is 6.04 Å². The van der Waals surface area contributed by atoms with Crippen LogP contribution in [0.3, 0.4) is 0 Å². The zero-order valence-corrected chi connectivity index (χ0v) is 12.8. The van der Waals surface area contributed by atoms with Crippen molar-refractivity contribution in [2.45, 2.75) is 70.0 Å². The number of carboxylic acid groups (broad SMARTS) is 1. The van der Waals surface area contributed by atoms with Gasteiger partial charge in [-0.1, -0.05) is 19.8 Å². The van der Waals surface area contributed by atoms with E-state index in [1.54, 1.807) is 4.90 Å². The zero-order valence-electron chi connectivity index (χ0n) is 12.8. The number of rotatable bonds is 2. The largest absolute Gasteiger partial charge is 0.480 e. The fourth-order valence-corrected chi connectivity index (χ4v) is 4.52. The molecular weight excluding hydrogens is 268 g/mol. The number of carbonyl (C=O) groups excluding carboxylic acids is 1. The van der Waals surface area contributed by atoms with E-state index in [1.807, 2.05) is 0 Å². The number of nitrogens with one attached hydrogen (secondary N) is 1. The van der Waals surface area contributed by atoms with E-state index in [9.17, 15) is 14.7 Å². The highest BCUT2D eigenvalue weighted by Gasteiger charge is 2.46. The van der Waals surface area contributed by atoms with E-state index in [2.05, 4.69) is 12.2 Å². The molecule has 0 aromatic heterocycles. The first kappa shape index (κ1) is 14.8. The van der Waals surface area contributed by atoms with Crippen LogP contribution in [0.4, 0.5) is 0 Å². The van der Waals surface area contributed by atoms with Crippen LogP contribution in [-0.4, -0.2) is 46.6 Å². The Morgan fingerprint density at radius 2 is 1.86 bits per heavy atom. The van der Waals surface area contributed by atoms with Gasteiger partial charge in [-0.3, -0.25) is 4.79 Å². The molecule has 3 fully saturated rings. The van der Waals surface area contributed by atoms with E-state index in [0.29, 0.717) is 18.3 Å². The van der Waals surface area contributed by atoms with Crippen LogP contribution >= 0.6 is 0 Å². The SMILES string of the molecule is CC1CCNC1C(=O)N1C(C(=O)O)CCC2CCCCC21. The molecule has 1 saturated carbocycles. The number of aliphatic carboxylic acids is 1. The molecule has 0 aromatic rings. The van der Waals surface area contributed by atoms with Crippen molar-refractivity contribution < 1.29 is 14.7 Å². The lowest BCUT2D eigenvalue weighted by molar-refractivity contribution is -0.159. The summed E-state index contributed by atoms with van der Waals surface area (Å²) in [6.45, 7) is 2.94. The molecule has 5 heteroatoms. The van der Waals surface area contributed by atoms with Crippen molar-refractivity contribution in [3.63, 3.8) is 0 Å². The van der Waals surface area contributed by atoms with Crippen LogP contribution in [0.5, 0.6) is 0 Å². The Bertz CT molecular complexity index is 426. The molecule has 3 aliphatic rings. The number of piperidine rings is 1. The van der Waals surface area contributed by atoms with Crippen molar-refractivity contribution >= 4 is 11.9 Å². The average Bonchev–Trinajstić information content (AvgIpc) is 2.91. The summed E-state index contributed by atoms with van der Waals surface area (Å²) in [5.41, 5.74) is 0. The molecular formula is C16H26N2O3. The summed E-state index contributed by atoms with van der Waals surface area (Å²) in [5.74, 6) is 0.00736. The Labute approximate surface area is 126 Å². The number of amides is 1. The van der Waals surface area contributed by atoms with Crippen LogP contribution in [0.25, 0.3) is 0 Å². The molecule has 3 rings (SSSR count). The first-order valence-corrected chi connectivity index (χ1v) is 8.38. The van der Waals surface area contributed by atoms with Crippen molar-refractivity contribution in [2.24, 2.45) is 11.8 Å². The van der Waals surface area contributed by atoms with Gasteiger partial charge in [-0.15, -0.1) is 0 Å². The number of fused-ring (bicyclic) bond motifs is 1. The number of nitrogens with zero attached hydrogens (tertiary/aromatic N) is 1. The van der Waals surface area contributed by atoms with Crippen LogP contribution in [0.15, 0.2) is 0 Å². The number of carboxylic acids is 1. The first-order valence-electron chi connectivity index (χ1n) is 8.38. The molecule has 0 aromatic carbocycles. The van der Waals surface area contributed by atoms with E-state index in [0.717, 1.165) is 38.6 Å². The summed E-state index contributed by atoms with van der Waals surface area (Å²) in [6, 6.07) is -0.658. The highest BCUT2D eigenvalue weighted by molar-refractivity contribution is 5.88. The van der Waals surface area contributed by atoms with Gasteiger partial charge in [0.05, 0.1) is 6.04 Å². The lowest BCUT2D eigenvalue weighted by Crippen LogP contribution is -2.61. The standard InChI is InChI=1S/C16H26N2O3/c1-10-8-9-17-14(10)15(19)18-12-5-3-2-4-11(12)6-7-13(18)16(20)21/h10-14,17H,2-9H2,1H3,(H,20,21). The predicted octanol–water partition coefficient (Wildman–Crippen LogP) is 1.62. The lowest BCUT2D eigenvalue weighted by atomic mass is 9.76. The Morgan fingerprint density at radius 3 is 2.52 bits per heavy atom. The molecule has 5 atom stereocenters. The van der Waals surface area contributed by atoms with E-state index in [4.69, 9.17) is 0 Å². The van der Waals surface area contributed by atoms with Gasteiger partial charge in [0.1, 0.15) is 6.04 Å². The van der Waals surface area contributed by atoms with Gasteiger partial charge in [0.25, 0.3) is 0 Å². The summed E-state index contributed by atoms with van der Waals surface area (Å²) >= 11 is 0. The molecule has 5 unspecified atom stereocenters. The van der Waals surface area contributed by atoms with Crippen LogP contribution in [0, 0.1) is 11.8 Å². The molecule has 0 radical (unpaired) electrons. The lowest BCUT2D eigenvalue weighted by Gasteiger charge is -2.48. The number of carbonyl (C=O) groups is 2. The average molecular weight is 294 g/mol. The molecule has 118 valence electrons. The first-order chi connectivity index (χ1) is 10.1. The van der Waals surface area contributed by atoms with Gasteiger partial charge in [-0.05, 0) is 50.5 Å². The molecule has 2 saturated heterocycles. The van der Waals surface area contributed by atoms with Crippen LogP contribution in [0.2, 0.25) is 0 Å². The van der Waals surface area contributed by atoms with Crippen molar-refractivity contribution in [3.8, 4) is 0 Å². The van der Waals surface area contributed by atoms with Gasteiger partial charge < -0.3 is 15.3 Å². The summed E-state index contributed by atoms with van der Waals surface area (Å²) in [6.07, 6.45) is 7.03.